The minimum Gasteiger partial charge on any atom is -0.495 e. The summed E-state index contributed by atoms with van der Waals surface area (Å²) in [7, 11) is 1.67. The van der Waals surface area contributed by atoms with Gasteiger partial charge in [0.1, 0.15) is 16.5 Å². The average molecular weight is 431 g/mol. The minimum absolute atomic E-state index is 0.169. The van der Waals surface area contributed by atoms with Gasteiger partial charge in [-0.3, -0.25) is 9.88 Å². The van der Waals surface area contributed by atoms with Crippen LogP contribution in [-0.2, 0) is 17.7 Å². The van der Waals surface area contributed by atoms with Crippen molar-refractivity contribution in [3.05, 3.63) is 39.9 Å². The lowest BCUT2D eigenvalue weighted by molar-refractivity contribution is 0.0385. The highest BCUT2D eigenvalue weighted by molar-refractivity contribution is 6.34. The van der Waals surface area contributed by atoms with E-state index in [1.807, 2.05) is 20.0 Å². The second-order valence-electron chi connectivity index (χ2n) is 7.58. The Balaban J connectivity index is 1.69. The van der Waals surface area contributed by atoms with Crippen LogP contribution < -0.4 is 10.5 Å². The third-order valence-corrected chi connectivity index (χ3v) is 5.95. The summed E-state index contributed by atoms with van der Waals surface area (Å²) in [6.45, 7) is 8.97. The molecular weight excluding hydrogens is 404 g/mol. The van der Waals surface area contributed by atoms with Gasteiger partial charge in [0.25, 0.3) is 0 Å². The number of nitrogen functional groups attached to an aromatic ring is 1. The molecule has 4 heterocycles. The van der Waals surface area contributed by atoms with Crippen LogP contribution in [-0.4, -0.2) is 64.4 Å². The maximum Gasteiger partial charge on any atom is 0.223 e. The van der Waals surface area contributed by atoms with Crippen molar-refractivity contribution in [1.82, 2.24) is 24.4 Å². The van der Waals surface area contributed by atoms with Crippen LogP contribution in [0.25, 0.3) is 11.0 Å². The molecule has 3 aromatic rings. The molecule has 0 spiro atoms. The van der Waals surface area contributed by atoms with Crippen LogP contribution in [0.4, 0.5) is 5.95 Å². The van der Waals surface area contributed by atoms with Gasteiger partial charge in [-0.25, -0.2) is 4.98 Å². The number of fused-ring (bicyclic) bond motifs is 1. The number of rotatable bonds is 6. The zero-order valence-corrected chi connectivity index (χ0v) is 18.4. The fourth-order valence-corrected chi connectivity index (χ4v) is 4.33. The second-order valence-corrected chi connectivity index (χ2v) is 7.94. The molecule has 160 valence electrons. The molecule has 30 heavy (non-hydrogen) atoms. The lowest BCUT2D eigenvalue weighted by Crippen LogP contribution is -2.37. The molecule has 3 aromatic heterocycles. The highest BCUT2D eigenvalue weighted by Crippen LogP contribution is 2.30. The van der Waals surface area contributed by atoms with E-state index in [1.54, 1.807) is 7.11 Å². The molecule has 2 N–H and O–H groups in total. The third kappa shape index (κ3) is 4.08. The van der Waals surface area contributed by atoms with Crippen molar-refractivity contribution in [2.24, 2.45) is 0 Å². The molecule has 8 nitrogen and oxygen atoms in total. The number of halogens is 1. The summed E-state index contributed by atoms with van der Waals surface area (Å²) >= 11 is 6.49. The van der Waals surface area contributed by atoms with Gasteiger partial charge in [0.2, 0.25) is 5.95 Å². The Morgan fingerprint density at radius 2 is 1.97 bits per heavy atom. The Kier molecular flexibility index (Phi) is 6.08. The number of nitrogens with zero attached hydrogens (tertiary/aromatic N) is 5. The van der Waals surface area contributed by atoms with Gasteiger partial charge in [0.15, 0.2) is 0 Å². The molecule has 0 aliphatic carbocycles. The van der Waals surface area contributed by atoms with E-state index >= 15 is 0 Å². The number of methoxy groups -OCH3 is 1. The lowest BCUT2D eigenvalue weighted by atomic mass is 10.1. The van der Waals surface area contributed by atoms with Crippen LogP contribution in [0.1, 0.15) is 22.4 Å². The quantitative estimate of drug-likeness (QED) is 0.601. The monoisotopic (exact) mass is 430 g/mol. The average Bonchev–Trinajstić information content (AvgIpc) is 3.07. The van der Waals surface area contributed by atoms with Gasteiger partial charge in [0.05, 0.1) is 37.9 Å². The Morgan fingerprint density at radius 1 is 1.20 bits per heavy atom. The first-order chi connectivity index (χ1) is 14.5. The van der Waals surface area contributed by atoms with Crippen molar-refractivity contribution >= 4 is 28.6 Å². The van der Waals surface area contributed by atoms with Crippen molar-refractivity contribution in [1.29, 1.82) is 0 Å². The van der Waals surface area contributed by atoms with E-state index in [2.05, 4.69) is 30.6 Å². The van der Waals surface area contributed by atoms with Crippen LogP contribution in [0.3, 0.4) is 0 Å². The number of pyridine rings is 1. The van der Waals surface area contributed by atoms with Crippen LogP contribution in [0.5, 0.6) is 5.75 Å². The van der Waals surface area contributed by atoms with Crippen LogP contribution in [0, 0.1) is 13.8 Å². The van der Waals surface area contributed by atoms with Crippen molar-refractivity contribution in [3.63, 3.8) is 0 Å². The Hall–Kier alpha value is -2.42. The standard InChI is InChI=1S/C21H27ClN6O2/c1-13-16(10-24-14(2)18(13)29-3)12-28-11-15(4-5-27-6-8-30-9-7-27)17-19(22)25-21(23)26-20(17)28/h10-11H,4-9,12H2,1-3H3,(H2,23,25,26). The number of hydrogen-bond acceptors (Lipinski definition) is 7. The van der Waals surface area contributed by atoms with E-state index in [1.165, 1.54) is 0 Å². The molecule has 0 radical (unpaired) electrons. The number of morpholine rings is 1. The zero-order chi connectivity index (χ0) is 21.3. The summed E-state index contributed by atoms with van der Waals surface area (Å²) in [5.74, 6) is 0.978. The molecule has 1 saturated heterocycles. The van der Waals surface area contributed by atoms with Gasteiger partial charge in [-0.15, -0.1) is 0 Å². The van der Waals surface area contributed by atoms with Crippen LogP contribution in [0.15, 0.2) is 12.4 Å². The molecule has 4 rings (SSSR count). The number of nitrogens with two attached hydrogens (primary N) is 1. The maximum atomic E-state index is 6.49. The smallest absolute Gasteiger partial charge is 0.223 e. The molecule has 0 saturated carbocycles. The molecule has 0 amide bonds. The van der Waals surface area contributed by atoms with E-state index in [-0.39, 0.29) is 5.95 Å². The number of aryl methyl sites for hydroxylation is 1. The molecule has 9 heteroatoms. The summed E-state index contributed by atoms with van der Waals surface area (Å²) < 4.78 is 13.1. The van der Waals surface area contributed by atoms with Gasteiger partial charge in [0, 0.05) is 32.0 Å². The Morgan fingerprint density at radius 3 is 2.70 bits per heavy atom. The highest BCUT2D eigenvalue weighted by Gasteiger charge is 2.19. The first-order valence-corrected chi connectivity index (χ1v) is 10.5. The second kappa shape index (κ2) is 8.75. The van der Waals surface area contributed by atoms with Gasteiger partial charge in [-0.2, -0.15) is 4.98 Å². The number of anilines is 1. The van der Waals surface area contributed by atoms with E-state index in [0.717, 1.165) is 78.4 Å². The molecule has 0 atom stereocenters. The van der Waals surface area contributed by atoms with E-state index in [0.29, 0.717) is 11.7 Å². The number of hydrogen-bond donors (Lipinski definition) is 1. The summed E-state index contributed by atoms with van der Waals surface area (Å²) in [6.07, 6.45) is 4.85. The zero-order valence-electron chi connectivity index (χ0n) is 17.6. The number of aromatic nitrogens is 4. The number of ether oxygens (including phenoxy) is 2. The van der Waals surface area contributed by atoms with E-state index < -0.39 is 0 Å². The molecule has 1 aliphatic rings. The van der Waals surface area contributed by atoms with Crippen molar-refractivity contribution in [2.75, 3.05) is 45.7 Å². The predicted molar refractivity (Wildman–Crippen MR) is 117 cm³/mol. The Labute approximate surface area is 181 Å². The molecular formula is C21H27ClN6O2. The SMILES string of the molecule is COc1c(C)ncc(Cn2cc(CCN3CCOCC3)c3c(Cl)nc(N)nc32)c1C. The van der Waals surface area contributed by atoms with E-state index in [9.17, 15) is 0 Å². The molecule has 0 unspecified atom stereocenters. The highest BCUT2D eigenvalue weighted by atomic mass is 35.5. The molecule has 1 aliphatic heterocycles. The predicted octanol–water partition coefficient (Wildman–Crippen LogP) is 2.61. The fourth-order valence-electron chi connectivity index (χ4n) is 4.04. The van der Waals surface area contributed by atoms with Gasteiger partial charge < -0.3 is 19.8 Å². The normalized spacial score (nSPS) is 15.1. The van der Waals surface area contributed by atoms with Gasteiger partial charge in [-0.05, 0) is 37.0 Å². The first kappa shape index (κ1) is 20.8. The molecule has 0 aromatic carbocycles. The van der Waals surface area contributed by atoms with Crippen molar-refractivity contribution in [2.45, 2.75) is 26.8 Å². The van der Waals surface area contributed by atoms with Crippen LogP contribution >= 0.6 is 11.6 Å². The lowest BCUT2D eigenvalue weighted by Gasteiger charge is -2.26. The fraction of sp³-hybridized carbons (Fsp3) is 0.476. The molecule has 1 fully saturated rings. The summed E-state index contributed by atoms with van der Waals surface area (Å²) in [5.41, 5.74) is 10.8. The van der Waals surface area contributed by atoms with E-state index in [4.69, 9.17) is 26.8 Å². The maximum absolute atomic E-state index is 6.49. The molecule has 0 bridgehead atoms. The topological polar surface area (TPSA) is 91.3 Å². The summed E-state index contributed by atoms with van der Waals surface area (Å²) in [5, 5.41) is 1.26. The largest absolute Gasteiger partial charge is 0.495 e. The summed E-state index contributed by atoms with van der Waals surface area (Å²) in [4.78, 5) is 15.6. The third-order valence-electron chi connectivity index (χ3n) is 5.68. The summed E-state index contributed by atoms with van der Waals surface area (Å²) in [6, 6.07) is 0. The van der Waals surface area contributed by atoms with Gasteiger partial charge in [-0.1, -0.05) is 11.6 Å². The Bertz CT molecular complexity index is 1060. The first-order valence-electron chi connectivity index (χ1n) is 10.1. The van der Waals surface area contributed by atoms with Crippen LogP contribution in [0.2, 0.25) is 5.15 Å². The minimum atomic E-state index is 0.169. The van der Waals surface area contributed by atoms with Crippen molar-refractivity contribution < 1.29 is 9.47 Å². The van der Waals surface area contributed by atoms with Crippen molar-refractivity contribution in [3.8, 4) is 5.75 Å². The van der Waals surface area contributed by atoms with Gasteiger partial charge >= 0.3 is 0 Å².